The number of amides is 1. The summed E-state index contributed by atoms with van der Waals surface area (Å²) in [6.07, 6.45) is 62.0. The van der Waals surface area contributed by atoms with Crippen LogP contribution in [0.4, 0.5) is 0 Å². The zero-order valence-corrected chi connectivity index (χ0v) is 42.6. The smallest absolute Gasteiger partial charge is 0.305 e. The second kappa shape index (κ2) is 53.2. The molecule has 3 N–H and O–H groups in total. The minimum absolute atomic E-state index is 0.00624. The van der Waals surface area contributed by atoms with Crippen LogP contribution in [-0.4, -0.2) is 47.4 Å². The van der Waals surface area contributed by atoms with Crippen LogP contribution in [0.25, 0.3) is 0 Å². The van der Waals surface area contributed by atoms with Crippen molar-refractivity contribution in [2.75, 3.05) is 13.2 Å². The predicted molar refractivity (Wildman–Crippen MR) is 273 cm³/mol. The second-order valence-corrected chi connectivity index (χ2v) is 19.6. The molecule has 0 bridgehead atoms. The van der Waals surface area contributed by atoms with E-state index >= 15 is 0 Å². The van der Waals surface area contributed by atoms with Crippen LogP contribution in [0.5, 0.6) is 0 Å². The first-order valence-electron chi connectivity index (χ1n) is 28.4. The fourth-order valence-corrected chi connectivity index (χ4v) is 8.93. The molecule has 0 fully saturated rings. The number of carbonyl (C=O) groups excluding carboxylic acids is 2. The van der Waals surface area contributed by atoms with Crippen LogP contribution < -0.4 is 5.32 Å². The summed E-state index contributed by atoms with van der Waals surface area (Å²) in [5.74, 6) is -0.0420. The molecule has 0 radical (unpaired) electrons. The number of ether oxygens (including phenoxy) is 1. The normalized spacial score (nSPS) is 12.6. The lowest BCUT2D eigenvalue weighted by Crippen LogP contribution is -2.45. The largest absolute Gasteiger partial charge is 0.466 e. The lowest BCUT2D eigenvalue weighted by Gasteiger charge is -2.22. The van der Waals surface area contributed by atoms with Crippen molar-refractivity contribution < 1.29 is 24.5 Å². The first-order chi connectivity index (χ1) is 31.0. The predicted octanol–water partition coefficient (Wildman–Crippen LogP) is 17.3. The Morgan fingerprint density at radius 2 is 0.746 bits per heavy atom. The Bertz CT molecular complexity index is 939. The Hall–Kier alpha value is -1.40. The van der Waals surface area contributed by atoms with Gasteiger partial charge in [-0.25, -0.2) is 0 Å². The zero-order valence-electron chi connectivity index (χ0n) is 42.6. The minimum Gasteiger partial charge on any atom is -0.466 e. The van der Waals surface area contributed by atoms with Gasteiger partial charge < -0.3 is 20.3 Å². The van der Waals surface area contributed by atoms with Gasteiger partial charge in [-0.15, -0.1) is 0 Å². The Morgan fingerprint density at radius 3 is 1.13 bits per heavy atom. The molecule has 0 aromatic rings. The molecule has 0 saturated heterocycles. The van der Waals surface area contributed by atoms with Gasteiger partial charge in [-0.05, 0) is 51.4 Å². The molecule has 1 amide bonds. The molecular formula is C57H111NO5. The van der Waals surface area contributed by atoms with Crippen LogP contribution in [0.3, 0.4) is 0 Å². The minimum atomic E-state index is -0.671. The highest BCUT2D eigenvalue weighted by Crippen LogP contribution is 2.17. The van der Waals surface area contributed by atoms with E-state index in [1.807, 2.05) is 0 Å². The molecule has 0 aliphatic carbocycles. The molecule has 0 aromatic heterocycles. The number of carbonyl (C=O) groups is 2. The van der Waals surface area contributed by atoms with Crippen molar-refractivity contribution in [1.82, 2.24) is 5.32 Å². The topological polar surface area (TPSA) is 95.9 Å². The molecule has 0 aliphatic rings. The van der Waals surface area contributed by atoms with E-state index in [2.05, 4.69) is 31.3 Å². The molecule has 0 heterocycles. The highest BCUT2D eigenvalue weighted by atomic mass is 16.5. The van der Waals surface area contributed by atoms with Gasteiger partial charge in [0, 0.05) is 12.8 Å². The van der Waals surface area contributed by atoms with Gasteiger partial charge >= 0.3 is 5.97 Å². The van der Waals surface area contributed by atoms with E-state index in [4.69, 9.17) is 4.74 Å². The average Bonchev–Trinajstić information content (AvgIpc) is 3.28. The summed E-state index contributed by atoms with van der Waals surface area (Å²) in [6, 6.07) is -0.550. The first-order valence-corrected chi connectivity index (χ1v) is 28.4. The van der Waals surface area contributed by atoms with Crippen LogP contribution in [-0.2, 0) is 14.3 Å². The molecule has 0 spiro atoms. The number of hydrogen-bond donors (Lipinski definition) is 3. The maximum atomic E-state index is 12.4. The SMILES string of the molecule is CCCCCCCCCCCCCCCCCC(=O)OCCCCCCCCCCC/C=C\CCCCCCCC(=O)NC(CO)C(O)CCCCCCCCCCCCCCC. The van der Waals surface area contributed by atoms with Gasteiger partial charge in [-0.2, -0.15) is 0 Å². The summed E-state index contributed by atoms with van der Waals surface area (Å²) < 4.78 is 5.48. The van der Waals surface area contributed by atoms with Crippen molar-refractivity contribution in [3.8, 4) is 0 Å². The summed E-state index contributed by atoms with van der Waals surface area (Å²) >= 11 is 0. The van der Waals surface area contributed by atoms with Gasteiger partial charge in [0.2, 0.25) is 5.91 Å². The van der Waals surface area contributed by atoms with Crippen molar-refractivity contribution in [1.29, 1.82) is 0 Å². The van der Waals surface area contributed by atoms with Crippen LogP contribution >= 0.6 is 0 Å². The Balaban J connectivity index is 3.42. The van der Waals surface area contributed by atoms with Gasteiger partial charge in [-0.1, -0.05) is 264 Å². The van der Waals surface area contributed by atoms with Crippen molar-refractivity contribution in [2.45, 2.75) is 328 Å². The van der Waals surface area contributed by atoms with Crippen LogP contribution in [0.2, 0.25) is 0 Å². The summed E-state index contributed by atoms with van der Waals surface area (Å²) in [6.45, 7) is 4.95. The number of hydrogen-bond acceptors (Lipinski definition) is 5. The van der Waals surface area contributed by atoms with Gasteiger partial charge in [-0.3, -0.25) is 9.59 Å². The highest BCUT2D eigenvalue weighted by molar-refractivity contribution is 5.76. The quantitative estimate of drug-likeness (QED) is 0.0321. The lowest BCUT2D eigenvalue weighted by molar-refractivity contribution is -0.143. The standard InChI is InChI=1S/C57H111NO5/c1-3-5-7-9-11-13-15-17-22-27-31-35-39-43-47-51-57(62)63-52-48-44-40-36-32-28-24-21-19-18-20-23-26-30-34-38-42-46-50-56(61)58-54(53-59)55(60)49-45-41-37-33-29-25-16-14-12-10-8-6-4-2/h20,23,54-55,59-60H,3-19,21-22,24-53H2,1-2H3,(H,58,61)/b23-20-. The van der Waals surface area contributed by atoms with Crippen LogP contribution in [0, 0.1) is 0 Å². The van der Waals surface area contributed by atoms with E-state index in [1.54, 1.807) is 0 Å². The van der Waals surface area contributed by atoms with E-state index in [0.29, 0.717) is 25.9 Å². The molecule has 6 nitrogen and oxygen atoms in total. The van der Waals surface area contributed by atoms with Crippen LogP contribution in [0.15, 0.2) is 12.2 Å². The third kappa shape index (κ3) is 49.9. The lowest BCUT2D eigenvalue weighted by atomic mass is 10.0. The number of rotatable bonds is 53. The second-order valence-electron chi connectivity index (χ2n) is 19.6. The van der Waals surface area contributed by atoms with E-state index in [9.17, 15) is 19.8 Å². The van der Waals surface area contributed by atoms with E-state index in [1.165, 1.54) is 231 Å². The molecule has 2 atom stereocenters. The average molecular weight is 891 g/mol. The number of nitrogens with one attached hydrogen (secondary N) is 1. The van der Waals surface area contributed by atoms with Gasteiger partial charge in [0.15, 0.2) is 0 Å². The molecule has 0 aliphatic heterocycles. The molecular weight excluding hydrogens is 779 g/mol. The number of esters is 1. The fourth-order valence-electron chi connectivity index (χ4n) is 8.93. The van der Waals surface area contributed by atoms with Crippen molar-refractivity contribution in [3.05, 3.63) is 12.2 Å². The highest BCUT2D eigenvalue weighted by Gasteiger charge is 2.20. The molecule has 0 aromatic carbocycles. The molecule has 2 unspecified atom stereocenters. The van der Waals surface area contributed by atoms with E-state index < -0.39 is 12.1 Å². The van der Waals surface area contributed by atoms with Gasteiger partial charge in [0.05, 0.1) is 25.4 Å². The Labute approximate surface area is 393 Å². The van der Waals surface area contributed by atoms with Crippen molar-refractivity contribution in [3.63, 3.8) is 0 Å². The van der Waals surface area contributed by atoms with Crippen molar-refractivity contribution >= 4 is 11.9 Å². The van der Waals surface area contributed by atoms with Crippen LogP contribution in [0.1, 0.15) is 316 Å². The van der Waals surface area contributed by atoms with Gasteiger partial charge in [0.1, 0.15) is 0 Å². The molecule has 374 valence electrons. The number of aliphatic hydroxyl groups is 2. The number of allylic oxidation sites excluding steroid dienone is 2. The van der Waals surface area contributed by atoms with E-state index in [0.717, 1.165) is 51.4 Å². The monoisotopic (exact) mass is 890 g/mol. The Kier molecular flexibility index (Phi) is 52.0. The first kappa shape index (κ1) is 61.6. The molecule has 6 heteroatoms. The molecule has 0 rings (SSSR count). The number of aliphatic hydroxyl groups excluding tert-OH is 2. The third-order valence-electron chi connectivity index (χ3n) is 13.3. The Morgan fingerprint density at radius 1 is 0.429 bits per heavy atom. The van der Waals surface area contributed by atoms with Gasteiger partial charge in [0.25, 0.3) is 0 Å². The molecule has 0 saturated carbocycles. The zero-order chi connectivity index (χ0) is 45.8. The third-order valence-corrected chi connectivity index (χ3v) is 13.3. The maximum absolute atomic E-state index is 12.4. The maximum Gasteiger partial charge on any atom is 0.305 e. The molecule has 63 heavy (non-hydrogen) atoms. The van der Waals surface area contributed by atoms with Crippen molar-refractivity contribution in [2.24, 2.45) is 0 Å². The fraction of sp³-hybridized carbons (Fsp3) is 0.930. The summed E-state index contributed by atoms with van der Waals surface area (Å²) in [5.41, 5.74) is 0. The summed E-state index contributed by atoms with van der Waals surface area (Å²) in [5, 5.41) is 23.2. The summed E-state index contributed by atoms with van der Waals surface area (Å²) in [7, 11) is 0. The summed E-state index contributed by atoms with van der Waals surface area (Å²) in [4.78, 5) is 24.5. The van der Waals surface area contributed by atoms with E-state index in [-0.39, 0.29) is 18.5 Å². The number of unbranched alkanes of at least 4 members (excludes halogenated alkanes) is 40.